The van der Waals surface area contributed by atoms with Crippen LogP contribution in [0.5, 0.6) is 0 Å². The fraction of sp³-hybridized carbons (Fsp3) is 0.333. The number of hydrogen-bond donors (Lipinski definition) is 1. The summed E-state index contributed by atoms with van der Waals surface area (Å²) in [5.74, 6) is 1.50. The maximum absolute atomic E-state index is 11.9. The summed E-state index contributed by atoms with van der Waals surface area (Å²) in [7, 11) is 1.78. The number of nitrogens with one attached hydrogen (secondary N) is 1. The second-order valence-electron chi connectivity index (χ2n) is 4.15. The van der Waals surface area contributed by atoms with Crippen LogP contribution in [0.2, 0.25) is 0 Å². The fourth-order valence-corrected chi connectivity index (χ4v) is 1.88. The lowest BCUT2D eigenvalue weighted by Crippen LogP contribution is -2.30. The van der Waals surface area contributed by atoms with Crippen molar-refractivity contribution in [3.8, 4) is 0 Å². The second kappa shape index (κ2) is 6.38. The lowest BCUT2D eigenvalue weighted by atomic mass is 10.4. The Bertz CT molecular complexity index is 601. The van der Waals surface area contributed by atoms with Crippen LogP contribution < -0.4 is 10.2 Å². The Morgan fingerprint density at radius 3 is 2.95 bits per heavy atom. The predicted octanol–water partition coefficient (Wildman–Crippen LogP) is 1.57. The number of amides is 1. The molecular formula is C12H15N5O2S. The van der Waals surface area contributed by atoms with Gasteiger partial charge in [0, 0.05) is 13.1 Å². The molecule has 0 aliphatic rings. The van der Waals surface area contributed by atoms with Gasteiger partial charge in [-0.2, -0.15) is 0 Å². The fourth-order valence-electron chi connectivity index (χ4n) is 1.52. The van der Waals surface area contributed by atoms with E-state index >= 15 is 0 Å². The van der Waals surface area contributed by atoms with Gasteiger partial charge in [0.05, 0.1) is 18.9 Å². The molecule has 0 aromatic carbocycles. The number of rotatable bonds is 5. The number of aromatic nitrogens is 3. The number of carbonyl (C=O) groups is 1. The van der Waals surface area contributed by atoms with Crippen molar-refractivity contribution in [3.63, 3.8) is 0 Å². The van der Waals surface area contributed by atoms with Gasteiger partial charge in [0.15, 0.2) is 5.82 Å². The van der Waals surface area contributed by atoms with Crippen LogP contribution in [-0.4, -0.2) is 40.9 Å². The molecule has 2 aromatic heterocycles. The number of thioether (sulfide) groups is 1. The second-order valence-corrected chi connectivity index (χ2v) is 4.97. The van der Waals surface area contributed by atoms with E-state index < -0.39 is 0 Å². The summed E-state index contributed by atoms with van der Waals surface area (Å²) < 4.78 is 4.88. The van der Waals surface area contributed by atoms with Crippen LogP contribution in [0, 0.1) is 6.92 Å². The van der Waals surface area contributed by atoms with Crippen molar-refractivity contribution in [2.75, 3.05) is 30.1 Å². The van der Waals surface area contributed by atoms with E-state index in [1.807, 2.05) is 6.26 Å². The molecule has 0 unspecified atom stereocenters. The molecule has 0 saturated carbocycles. The van der Waals surface area contributed by atoms with Gasteiger partial charge in [-0.15, -0.1) is 11.8 Å². The van der Waals surface area contributed by atoms with Crippen molar-refractivity contribution >= 4 is 29.3 Å². The van der Waals surface area contributed by atoms with Gasteiger partial charge in [-0.1, -0.05) is 5.16 Å². The van der Waals surface area contributed by atoms with Gasteiger partial charge in [-0.05, 0) is 13.2 Å². The standard InChI is InChI=1S/C12H15N5O2S/c1-8-4-9(16-19-8)14-11(18)7-17(2)10-5-13-6-12(15-10)20-3/h4-6H,7H2,1-3H3,(H,14,16,18). The quantitative estimate of drug-likeness (QED) is 0.837. The molecule has 0 saturated heterocycles. The monoisotopic (exact) mass is 293 g/mol. The minimum atomic E-state index is -0.197. The van der Waals surface area contributed by atoms with E-state index in [2.05, 4.69) is 20.4 Å². The van der Waals surface area contributed by atoms with Crippen LogP contribution >= 0.6 is 11.8 Å². The van der Waals surface area contributed by atoms with Crippen LogP contribution in [0.4, 0.5) is 11.6 Å². The van der Waals surface area contributed by atoms with Gasteiger partial charge in [0.1, 0.15) is 16.6 Å². The molecule has 0 bridgehead atoms. The van der Waals surface area contributed by atoms with Crippen LogP contribution in [0.15, 0.2) is 28.0 Å². The van der Waals surface area contributed by atoms with E-state index in [1.165, 1.54) is 11.8 Å². The zero-order valence-electron chi connectivity index (χ0n) is 11.5. The molecular weight excluding hydrogens is 278 g/mol. The van der Waals surface area contributed by atoms with E-state index in [4.69, 9.17) is 4.52 Å². The molecule has 8 heteroatoms. The molecule has 106 valence electrons. The lowest BCUT2D eigenvalue weighted by Gasteiger charge is -2.17. The number of aryl methyl sites for hydroxylation is 1. The summed E-state index contributed by atoms with van der Waals surface area (Å²) in [4.78, 5) is 22.0. The SMILES string of the molecule is CSc1cncc(N(C)CC(=O)Nc2cc(C)on2)n1. The Labute approximate surface area is 120 Å². The van der Waals surface area contributed by atoms with Crippen LogP contribution in [-0.2, 0) is 4.79 Å². The summed E-state index contributed by atoms with van der Waals surface area (Å²) in [6, 6.07) is 1.66. The highest BCUT2D eigenvalue weighted by Crippen LogP contribution is 2.14. The number of likely N-dealkylation sites (N-methyl/N-ethyl adjacent to an activating group) is 1. The lowest BCUT2D eigenvalue weighted by molar-refractivity contribution is -0.115. The predicted molar refractivity (Wildman–Crippen MR) is 77.0 cm³/mol. The molecule has 2 heterocycles. The number of hydrogen-bond acceptors (Lipinski definition) is 7. The van der Waals surface area contributed by atoms with E-state index in [9.17, 15) is 4.79 Å². The van der Waals surface area contributed by atoms with Crippen molar-refractivity contribution in [3.05, 3.63) is 24.2 Å². The number of nitrogens with zero attached hydrogens (tertiary/aromatic N) is 4. The van der Waals surface area contributed by atoms with Gasteiger partial charge < -0.3 is 14.7 Å². The summed E-state index contributed by atoms with van der Waals surface area (Å²) >= 11 is 1.50. The molecule has 0 aliphatic carbocycles. The zero-order chi connectivity index (χ0) is 14.5. The highest BCUT2D eigenvalue weighted by Gasteiger charge is 2.11. The van der Waals surface area contributed by atoms with Crippen molar-refractivity contribution < 1.29 is 9.32 Å². The Kier molecular flexibility index (Phi) is 4.57. The third-order valence-corrected chi connectivity index (χ3v) is 3.09. The average Bonchev–Trinajstić information content (AvgIpc) is 2.83. The first-order valence-corrected chi connectivity index (χ1v) is 7.11. The largest absolute Gasteiger partial charge is 0.360 e. The topological polar surface area (TPSA) is 84.2 Å². The van der Waals surface area contributed by atoms with E-state index in [1.54, 1.807) is 37.3 Å². The normalized spacial score (nSPS) is 10.3. The molecule has 2 aromatic rings. The molecule has 7 nitrogen and oxygen atoms in total. The van der Waals surface area contributed by atoms with Crippen molar-refractivity contribution in [1.29, 1.82) is 0 Å². The first kappa shape index (κ1) is 14.3. The molecule has 1 amide bonds. The highest BCUT2D eigenvalue weighted by molar-refractivity contribution is 7.98. The molecule has 0 fully saturated rings. The Hall–Kier alpha value is -2.09. The molecule has 0 atom stereocenters. The van der Waals surface area contributed by atoms with Gasteiger partial charge in [-0.3, -0.25) is 9.78 Å². The first-order chi connectivity index (χ1) is 9.58. The highest BCUT2D eigenvalue weighted by atomic mass is 32.2. The molecule has 2 rings (SSSR count). The van der Waals surface area contributed by atoms with Gasteiger partial charge >= 0.3 is 0 Å². The van der Waals surface area contributed by atoms with E-state index in [0.717, 1.165) is 5.03 Å². The minimum Gasteiger partial charge on any atom is -0.360 e. The minimum absolute atomic E-state index is 0.151. The Balaban J connectivity index is 1.96. The summed E-state index contributed by atoms with van der Waals surface area (Å²) in [5, 5.41) is 7.17. The smallest absolute Gasteiger partial charge is 0.245 e. The molecule has 0 radical (unpaired) electrons. The number of anilines is 2. The van der Waals surface area contributed by atoms with Crippen molar-refractivity contribution in [2.24, 2.45) is 0 Å². The van der Waals surface area contributed by atoms with Gasteiger partial charge in [0.25, 0.3) is 0 Å². The summed E-state index contributed by atoms with van der Waals surface area (Å²) in [5.41, 5.74) is 0. The van der Waals surface area contributed by atoms with E-state index in [0.29, 0.717) is 17.4 Å². The third kappa shape index (κ3) is 3.70. The average molecular weight is 293 g/mol. The van der Waals surface area contributed by atoms with Crippen LogP contribution in [0.25, 0.3) is 0 Å². The van der Waals surface area contributed by atoms with Crippen molar-refractivity contribution in [1.82, 2.24) is 15.1 Å². The van der Waals surface area contributed by atoms with Gasteiger partial charge in [-0.25, -0.2) is 4.98 Å². The molecule has 0 aliphatic heterocycles. The Morgan fingerprint density at radius 1 is 1.50 bits per heavy atom. The zero-order valence-corrected chi connectivity index (χ0v) is 12.3. The molecule has 0 spiro atoms. The number of carbonyl (C=O) groups excluding carboxylic acids is 1. The maximum atomic E-state index is 11.9. The van der Waals surface area contributed by atoms with Crippen molar-refractivity contribution in [2.45, 2.75) is 11.9 Å². The maximum Gasteiger partial charge on any atom is 0.245 e. The van der Waals surface area contributed by atoms with Crippen LogP contribution in [0.1, 0.15) is 5.76 Å². The van der Waals surface area contributed by atoms with Crippen LogP contribution in [0.3, 0.4) is 0 Å². The van der Waals surface area contributed by atoms with E-state index in [-0.39, 0.29) is 12.5 Å². The first-order valence-electron chi connectivity index (χ1n) is 5.89. The summed E-state index contributed by atoms with van der Waals surface area (Å²) in [6.45, 7) is 1.91. The van der Waals surface area contributed by atoms with Gasteiger partial charge in [0.2, 0.25) is 5.91 Å². The molecule has 1 N–H and O–H groups in total. The third-order valence-electron chi connectivity index (χ3n) is 2.48. The Morgan fingerprint density at radius 2 is 2.30 bits per heavy atom. The summed E-state index contributed by atoms with van der Waals surface area (Å²) in [6.07, 6.45) is 5.22. The molecule has 20 heavy (non-hydrogen) atoms.